The van der Waals surface area contributed by atoms with Gasteiger partial charge in [-0.25, -0.2) is 8.42 Å². The van der Waals surface area contributed by atoms with Gasteiger partial charge in [-0.2, -0.15) is 0 Å². The average Bonchev–Trinajstić information content (AvgIpc) is 2.90. The molecular weight excluding hydrogens is 518 g/mol. The van der Waals surface area contributed by atoms with Gasteiger partial charge < -0.3 is 19.7 Å². The molecule has 2 atom stereocenters. The van der Waals surface area contributed by atoms with Crippen LogP contribution in [0.4, 0.5) is 5.69 Å². The first kappa shape index (κ1) is 28.6. The monoisotopic (exact) mass is 551 g/mol. The highest BCUT2D eigenvalue weighted by Crippen LogP contribution is 2.35. The topological polar surface area (TPSA) is 105 Å². The van der Waals surface area contributed by atoms with Gasteiger partial charge in [-0.05, 0) is 57.0 Å². The molecule has 0 bridgehead atoms. The number of hydrogen-bond donors (Lipinski definition) is 1. The Kier molecular flexibility index (Phi) is 9.67. The molecule has 0 saturated heterocycles. The van der Waals surface area contributed by atoms with Crippen LogP contribution in [0.15, 0.2) is 42.5 Å². The minimum atomic E-state index is -3.84. The average molecular weight is 552 g/mol. The molecule has 37 heavy (non-hydrogen) atoms. The second-order valence-corrected chi connectivity index (χ2v) is 11.5. The molecular formula is C26H34ClN3O6S. The molecule has 0 aromatic heterocycles. The number of anilines is 1. The summed E-state index contributed by atoms with van der Waals surface area (Å²) in [6, 6.07) is 10.8. The van der Waals surface area contributed by atoms with Crippen molar-refractivity contribution >= 4 is 39.1 Å². The molecule has 3 rings (SSSR count). The molecule has 0 fully saturated rings. The van der Waals surface area contributed by atoms with Crippen molar-refractivity contribution in [3.8, 4) is 11.5 Å². The Morgan fingerprint density at radius 3 is 2.30 bits per heavy atom. The maximum atomic E-state index is 13.7. The van der Waals surface area contributed by atoms with E-state index in [1.54, 1.807) is 49.4 Å². The largest absolute Gasteiger partial charge is 0.486 e. The Hall–Kier alpha value is -2.98. The third-order valence-electron chi connectivity index (χ3n) is 6.23. The summed E-state index contributed by atoms with van der Waals surface area (Å²) in [6.07, 6.45) is 0.732. The summed E-state index contributed by atoms with van der Waals surface area (Å²) in [4.78, 5) is 28.1. The number of carbonyl (C=O) groups is 2. The van der Waals surface area contributed by atoms with Crippen LogP contribution in [0.25, 0.3) is 0 Å². The second kappa shape index (κ2) is 12.5. The highest BCUT2D eigenvalue weighted by Gasteiger charge is 2.32. The summed E-state index contributed by atoms with van der Waals surface area (Å²) in [6.45, 7) is 7.34. The van der Waals surface area contributed by atoms with Crippen molar-refractivity contribution in [2.45, 2.75) is 52.7 Å². The predicted octanol–water partition coefficient (Wildman–Crippen LogP) is 3.60. The second-order valence-electron chi connectivity index (χ2n) is 8.88. The number of halogens is 1. The van der Waals surface area contributed by atoms with Gasteiger partial charge in [-0.3, -0.25) is 13.9 Å². The minimum absolute atomic E-state index is 0.0721. The van der Waals surface area contributed by atoms with E-state index in [1.165, 1.54) is 11.8 Å². The van der Waals surface area contributed by atoms with E-state index in [0.29, 0.717) is 29.7 Å². The Bertz CT molecular complexity index is 1210. The van der Waals surface area contributed by atoms with Gasteiger partial charge in [-0.15, -0.1) is 0 Å². The van der Waals surface area contributed by atoms with Gasteiger partial charge in [-0.1, -0.05) is 30.7 Å². The van der Waals surface area contributed by atoms with Crippen molar-refractivity contribution < 1.29 is 27.5 Å². The Morgan fingerprint density at radius 2 is 1.68 bits per heavy atom. The number of amides is 2. The zero-order valence-electron chi connectivity index (χ0n) is 21.6. The Balaban J connectivity index is 1.94. The van der Waals surface area contributed by atoms with E-state index in [1.807, 2.05) is 13.8 Å². The molecule has 0 spiro atoms. The molecule has 11 heteroatoms. The number of nitrogens with zero attached hydrogens (tertiary/aromatic N) is 2. The smallest absolute Gasteiger partial charge is 0.244 e. The van der Waals surface area contributed by atoms with Gasteiger partial charge in [0.25, 0.3) is 0 Å². The van der Waals surface area contributed by atoms with E-state index in [9.17, 15) is 18.0 Å². The van der Waals surface area contributed by atoms with Crippen LogP contribution in [-0.4, -0.2) is 62.7 Å². The van der Waals surface area contributed by atoms with Crippen molar-refractivity contribution in [1.82, 2.24) is 10.2 Å². The van der Waals surface area contributed by atoms with Crippen LogP contribution < -0.4 is 19.1 Å². The molecule has 0 saturated carbocycles. The van der Waals surface area contributed by atoms with Crippen molar-refractivity contribution in [2.75, 3.05) is 29.8 Å². The van der Waals surface area contributed by atoms with Crippen LogP contribution in [0.3, 0.4) is 0 Å². The minimum Gasteiger partial charge on any atom is -0.486 e. The lowest BCUT2D eigenvalue weighted by molar-refractivity contribution is -0.139. The lowest BCUT2D eigenvalue weighted by Gasteiger charge is -2.32. The summed E-state index contributed by atoms with van der Waals surface area (Å²) >= 11 is 6.01. The SMILES string of the molecule is CC[C@H](C)NC(=O)[C@H](C)N(Cc1ccc(Cl)cc1)C(=O)CN(c1ccc2c(c1)OCCO2)S(=O)(=O)CC. The molecule has 0 radical (unpaired) electrons. The summed E-state index contributed by atoms with van der Waals surface area (Å²) in [5, 5.41) is 3.45. The quantitative estimate of drug-likeness (QED) is 0.457. The normalized spacial score (nSPS) is 14.4. The van der Waals surface area contributed by atoms with Crippen LogP contribution in [-0.2, 0) is 26.2 Å². The molecule has 2 aromatic rings. The molecule has 2 amide bonds. The zero-order valence-corrected chi connectivity index (χ0v) is 23.1. The maximum Gasteiger partial charge on any atom is 0.244 e. The molecule has 1 aliphatic rings. The number of benzene rings is 2. The molecule has 1 heterocycles. The lowest BCUT2D eigenvalue weighted by atomic mass is 10.1. The standard InChI is InChI=1S/C26H34ClN3O6S/c1-5-18(3)28-26(32)19(4)29(16-20-7-9-21(27)10-8-20)25(31)17-30(37(33,34)6-2)22-11-12-23-24(15-22)36-14-13-35-23/h7-12,15,18-19H,5-6,13-14,16-17H2,1-4H3,(H,28,32)/t18-,19-/m0/s1. The van der Waals surface area contributed by atoms with Gasteiger partial charge in [0.05, 0.1) is 11.4 Å². The molecule has 2 aromatic carbocycles. The number of nitrogens with one attached hydrogen (secondary N) is 1. The van der Waals surface area contributed by atoms with E-state index < -0.39 is 28.5 Å². The molecule has 0 aliphatic carbocycles. The molecule has 1 N–H and O–H groups in total. The first-order chi connectivity index (χ1) is 17.6. The van der Waals surface area contributed by atoms with Crippen LogP contribution in [0.5, 0.6) is 11.5 Å². The molecule has 0 unspecified atom stereocenters. The maximum absolute atomic E-state index is 13.7. The van der Waals surface area contributed by atoms with Crippen LogP contribution >= 0.6 is 11.6 Å². The summed E-state index contributed by atoms with van der Waals surface area (Å²) < 4.78 is 38.4. The first-order valence-corrected chi connectivity index (χ1v) is 14.3. The highest BCUT2D eigenvalue weighted by atomic mass is 35.5. The fourth-order valence-electron chi connectivity index (χ4n) is 3.74. The molecule has 1 aliphatic heterocycles. The van der Waals surface area contributed by atoms with Crippen molar-refractivity contribution in [3.63, 3.8) is 0 Å². The van der Waals surface area contributed by atoms with E-state index >= 15 is 0 Å². The van der Waals surface area contributed by atoms with E-state index in [2.05, 4.69) is 5.32 Å². The fourth-order valence-corrected chi connectivity index (χ4v) is 4.92. The number of hydrogen-bond acceptors (Lipinski definition) is 6. The van der Waals surface area contributed by atoms with E-state index in [0.717, 1.165) is 16.3 Å². The van der Waals surface area contributed by atoms with Gasteiger partial charge in [0.1, 0.15) is 25.8 Å². The van der Waals surface area contributed by atoms with Gasteiger partial charge in [0.15, 0.2) is 11.5 Å². The van der Waals surface area contributed by atoms with Crippen LogP contribution in [0, 0.1) is 0 Å². The predicted molar refractivity (Wildman–Crippen MR) is 144 cm³/mol. The Labute approximate surface area is 223 Å². The molecule has 202 valence electrons. The summed E-state index contributed by atoms with van der Waals surface area (Å²) in [7, 11) is -3.84. The highest BCUT2D eigenvalue weighted by molar-refractivity contribution is 7.92. The molecule has 9 nitrogen and oxygen atoms in total. The number of sulfonamides is 1. The number of fused-ring (bicyclic) bond motifs is 1. The van der Waals surface area contributed by atoms with E-state index in [4.69, 9.17) is 21.1 Å². The number of ether oxygens (including phenoxy) is 2. The van der Waals surface area contributed by atoms with Crippen molar-refractivity contribution in [3.05, 3.63) is 53.1 Å². The van der Waals surface area contributed by atoms with Gasteiger partial charge in [0.2, 0.25) is 21.8 Å². The first-order valence-electron chi connectivity index (χ1n) is 12.3. The van der Waals surface area contributed by atoms with Crippen LogP contribution in [0.1, 0.15) is 39.7 Å². The third kappa shape index (κ3) is 7.29. The van der Waals surface area contributed by atoms with Gasteiger partial charge >= 0.3 is 0 Å². The van der Waals surface area contributed by atoms with Crippen LogP contribution in [0.2, 0.25) is 5.02 Å². The van der Waals surface area contributed by atoms with Gasteiger partial charge in [0, 0.05) is 23.7 Å². The number of carbonyl (C=O) groups excluding carboxylic acids is 2. The lowest BCUT2D eigenvalue weighted by Crippen LogP contribution is -2.52. The summed E-state index contributed by atoms with van der Waals surface area (Å²) in [5.41, 5.74) is 1.03. The summed E-state index contributed by atoms with van der Waals surface area (Å²) in [5.74, 6) is -0.132. The van der Waals surface area contributed by atoms with E-state index in [-0.39, 0.29) is 29.9 Å². The van der Waals surface area contributed by atoms with Crippen molar-refractivity contribution in [2.24, 2.45) is 0 Å². The number of rotatable bonds is 11. The third-order valence-corrected chi connectivity index (χ3v) is 8.22. The Morgan fingerprint density at radius 1 is 1.03 bits per heavy atom. The van der Waals surface area contributed by atoms with Crippen molar-refractivity contribution in [1.29, 1.82) is 0 Å². The fraction of sp³-hybridized carbons (Fsp3) is 0.462. The zero-order chi connectivity index (χ0) is 27.2.